The second-order valence-electron chi connectivity index (χ2n) is 6.02. The zero-order chi connectivity index (χ0) is 19.6. The summed E-state index contributed by atoms with van der Waals surface area (Å²) in [6.45, 7) is 0.361. The molecular formula is C17H16F2N4O3S. The lowest BCUT2D eigenvalue weighted by Crippen LogP contribution is -2.54. The van der Waals surface area contributed by atoms with Gasteiger partial charge in [-0.2, -0.15) is 0 Å². The summed E-state index contributed by atoms with van der Waals surface area (Å²) in [7, 11) is 1.53. The number of hydrogen-bond donors (Lipinski definition) is 2. The summed E-state index contributed by atoms with van der Waals surface area (Å²) < 4.78 is 26.2. The smallest absolute Gasteiger partial charge is 0.254 e. The Hall–Kier alpha value is -2.88. The molecule has 142 valence electrons. The third-order valence-electron chi connectivity index (χ3n) is 4.11. The molecule has 3 amide bonds. The van der Waals surface area contributed by atoms with Crippen molar-refractivity contribution in [3.05, 3.63) is 46.5 Å². The number of halogens is 2. The molecule has 0 spiro atoms. The molecule has 0 aliphatic carbocycles. The number of benzene rings is 1. The molecule has 1 aromatic carbocycles. The number of hydrogen-bond acceptors (Lipinski definition) is 5. The van der Waals surface area contributed by atoms with Gasteiger partial charge in [0.25, 0.3) is 5.91 Å². The first-order chi connectivity index (χ1) is 12.9. The van der Waals surface area contributed by atoms with Crippen molar-refractivity contribution in [3.63, 3.8) is 0 Å². The molecule has 0 bridgehead atoms. The standard InChI is InChI=1S/C17H16F2N4O3S/c1-20-14(24)5-11-8-27-17(21-11)22-15(25)10-6-23(7-10)16(26)9-2-3-12(18)13(19)4-9/h2-4,8,10H,5-7H2,1H3,(H,20,24)(H,21,22,25). The Morgan fingerprint density at radius 2 is 2.00 bits per heavy atom. The van der Waals surface area contributed by atoms with Crippen LogP contribution in [0, 0.1) is 17.6 Å². The monoisotopic (exact) mass is 394 g/mol. The molecule has 3 rings (SSSR count). The average molecular weight is 394 g/mol. The Bertz CT molecular complexity index is 896. The van der Waals surface area contributed by atoms with E-state index in [1.165, 1.54) is 29.4 Å². The van der Waals surface area contributed by atoms with Gasteiger partial charge in [-0.1, -0.05) is 0 Å². The Labute approximate surface area is 157 Å². The van der Waals surface area contributed by atoms with Crippen LogP contribution in [-0.4, -0.2) is 47.7 Å². The van der Waals surface area contributed by atoms with E-state index in [-0.39, 0.29) is 36.9 Å². The van der Waals surface area contributed by atoms with E-state index in [0.29, 0.717) is 10.8 Å². The Morgan fingerprint density at radius 1 is 1.26 bits per heavy atom. The molecule has 0 radical (unpaired) electrons. The van der Waals surface area contributed by atoms with E-state index < -0.39 is 23.5 Å². The van der Waals surface area contributed by atoms with Crippen molar-refractivity contribution in [2.75, 3.05) is 25.5 Å². The number of aromatic nitrogens is 1. The molecule has 2 heterocycles. The fourth-order valence-corrected chi connectivity index (χ4v) is 3.24. The minimum Gasteiger partial charge on any atom is -0.359 e. The van der Waals surface area contributed by atoms with Crippen molar-refractivity contribution >= 4 is 34.2 Å². The summed E-state index contributed by atoms with van der Waals surface area (Å²) in [6, 6.07) is 2.94. The predicted molar refractivity (Wildman–Crippen MR) is 94.3 cm³/mol. The van der Waals surface area contributed by atoms with Crippen LogP contribution in [0.4, 0.5) is 13.9 Å². The molecule has 1 saturated heterocycles. The Kier molecular flexibility index (Phi) is 5.45. The molecule has 2 N–H and O–H groups in total. The van der Waals surface area contributed by atoms with Gasteiger partial charge in [0.1, 0.15) is 0 Å². The zero-order valence-electron chi connectivity index (χ0n) is 14.3. The molecule has 0 saturated carbocycles. The number of thiazole rings is 1. The van der Waals surface area contributed by atoms with Crippen molar-refractivity contribution in [2.24, 2.45) is 5.92 Å². The van der Waals surface area contributed by atoms with Crippen LogP contribution in [0.25, 0.3) is 0 Å². The summed E-state index contributed by atoms with van der Waals surface area (Å²) >= 11 is 1.21. The maximum absolute atomic E-state index is 13.2. The zero-order valence-corrected chi connectivity index (χ0v) is 15.1. The SMILES string of the molecule is CNC(=O)Cc1csc(NC(=O)C2CN(C(=O)c3ccc(F)c(F)c3)C2)n1. The summed E-state index contributed by atoms with van der Waals surface area (Å²) in [5, 5.41) is 7.22. The highest BCUT2D eigenvalue weighted by Gasteiger charge is 2.36. The molecule has 1 fully saturated rings. The molecule has 10 heteroatoms. The van der Waals surface area contributed by atoms with Gasteiger partial charge in [-0.15, -0.1) is 11.3 Å². The highest BCUT2D eigenvalue weighted by molar-refractivity contribution is 7.13. The van der Waals surface area contributed by atoms with Crippen LogP contribution in [0.2, 0.25) is 0 Å². The average Bonchev–Trinajstić information content (AvgIpc) is 3.02. The number of amides is 3. The molecule has 7 nitrogen and oxygen atoms in total. The predicted octanol–water partition coefficient (Wildman–Crippen LogP) is 1.42. The van der Waals surface area contributed by atoms with E-state index in [2.05, 4.69) is 15.6 Å². The largest absolute Gasteiger partial charge is 0.359 e. The first-order valence-corrected chi connectivity index (χ1v) is 8.95. The first-order valence-electron chi connectivity index (χ1n) is 8.07. The minimum absolute atomic E-state index is 0.0338. The highest BCUT2D eigenvalue weighted by Crippen LogP contribution is 2.23. The van der Waals surface area contributed by atoms with E-state index in [1.54, 1.807) is 5.38 Å². The normalized spacial score (nSPS) is 13.8. The van der Waals surface area contributed by atoms with Crippen LogP contribution in [0.1, 0.15) is 16.1 Å². The van der Waals surface area contributed by atoms with Crippen LogP contribution >= 0.6 is 11.3 Å². The lowest BCUT2D eigenvalue weighted by molar-refractivity contribution is -0.123. The van der Waals surface area contributed by atoms with Gasteiger partial charge in [-0.25, -0.2) is 13.8 Å². The molecular weight excluding hydrogens is 378 g/mol. The summed E-state index contributed by atoms with van der Waals surface area (Å²) in [4.78, 5) is 41.3. The number of rotatable bonds is 5. The second-order valence-corrected chi connectivity index (χ2v) is 6.88. The number of nitrogens with zero attached hydrogens (tertiary/aromatic N) is 2. The fraction of sp³-hybridized carbons (Fsp3) is 0.294. The number of likely N-dealkylation sites (N-methyl/N-ethyl adjacent to an activating group) is 1. The van der Waals surface area contributed by atoms with Gasteiger partial charge in [0, 0.05) is 31.1 Å². The minimum atomic E-state index is -1.09. The molecule has 1 aromatic heterocycles. The van der Waals surface area contributed by atoms with Crippen LogP contribution in [-0.2, 0) is 16.0 Å². The summed E-state index contributed by atoms with van der Waals surface area (Å²) in [6.07, 6.45) is 0.128. The van der Waals surface area contributed by atoms with E-state index in [0.717, 1.165) is 12.1 Å². The highest BCUT2D eigenvalue weighted by atomic mass is 32.1. The van der Waals surface area contributed by atoms with Crippen molar-refractivity contribution in [1.82, 2.24) is 15.2 Å². The lowest BCUT2D eigenvalue weighted by atomic mass is 9.98. The Balaban J connectivity index is 1.51. The maximum Gasteiger partial charge on any atom is 0.254 e. The van der Waals surface area contributed by atoms with Crippen LogP contribution in [0.15, 0.2) is 23.6 Å². The lowest BCUT2D eigenvalue weighted by Gasteiger charge is -2.38. The van der Waals surface area contributed by atoms with E-state index in [9.17, 15) is 23.2 Å². The first kappa shape index (κ1) is 18.9. The van der Waals surface area contributed by atoms with Gasteiger partial charge in [-0.3, -0.25) is 14.4 Å². The van der Waals surface area contributed by atoms with E-state index >= 15 is 0 Å². The number of carbonyl (C=O) groups excluding carboxylic acids is 3. The van der Waals surface area contributed by atoms with Crippen LogP contribution in [0.3, 0.4) is 0 Å². The third-order valence-corrected chi connectivity index (χ3v) is 4.92. The number of nitrogens with one attached hydrogen (secondary N) is 2. The number of likely N-dealkylation sites (tertiary alicyclic amines) is 1. The molecule has 2 aromatic rings. The van der Waals surface area contributed by atoms with Crippen molar-refractivity contribution in [2.45, 2.75) is 6.42 Å². The third kappa shape index (κ3) is 4.27. The number of anilines is 1. The van der Waals surface area contributed by atoms with Gasteiger partial charge in [0.05, 0.1) is 18.0 Å². The molecule has 1 aliphatic rings. The van der Waals surface area contributed by atoms with E-state index in [1.807, 2.05) is 0 Å². The van der Waals surface area contributed by atoms with Gasteiger partial charge >= 0.3 is 0 Å². The van der Waals surface area contributed by atoms with Crippen molar-refractivity contribution in [1.29, 1.82) is 0 Å². The summed E-state index contributed by atoms with van der Waals surface area (Å²) in [5.74, 6) is -3.45. The molecule has 27 heavy (non-hydrogen) atoms. The topological polar surface area (TPSA) is 91.4 Å². The van der Waals surface area contributed by atoms with Gasteiger partial charge in [0.2, 0.25) is 11.8 Å². The number of carbonyl (C=O) groups is 3. The second kappa shape index (κ2) is 7.78. The molecule has 0 unspecified atom stereocenters. The van der Waals surface area contributed by atoms with Gasteiger partial charge < -0.3 is 15.5 Å². The quantitative estimate of drug-likeness (QED) is 0.803. The molecule has 1 aliphatic heterocycles. The maximum atomic E-state index is 13.2. The van der Waals surface area contributed by atoms with Gasteiger partial charge in [-0.05, 0) is 18.2 Å². The Morgan fingerprint density at radius 3 is 2.67 bits per heavy atom. The van der Waals surface area contributed by atoms with Crippen molar-refractivity contribution < 1.29 is 23.2 Å². The van der Waals surface area contributed by atoms with Crippen molar-refractivity contribution in [3.8, 4) is 0 Å². The van der Waals surface area contributed by atoms with Crippen LogP contribution < -0.4 is 10.6 Å². The fourth-order valence-electron chi connectivity index (χ4n) is 2.53. The van der Waals surface area contributed by atoms with Gasteiger partial charge in [0.15, 0.2) is 16.8 Å². The molecule has 0 atom stereocenters. The summed E-state index contributed by atoms with van der Waals surface area (Å²) in [5.41, 5.74) is 0.588. The van der Waals surface area contributed by atoms with E-state index in [4.69, 9.17) is 0 Å². The van der Waals surface area contributed by atoms with Crippen LogP contribution in [0.5, 0.6) is 0 Å².